The summed E-state index contributed by atoms with van der Waals surface area (Å²) in [5, 5.41) is 3.64. The van der Waals surface area contributed by atoms with Crippen LogP contribution in [0.4, 0.5) is 0 Å². The van der Waals surface area contributed by atoms with Gasteiger partial charge in [0.15, 0.2) is 0 Å². The molecule has 0 spiro atoms. The van der Waals surface area contributed by atoms with E-state index in [-0.39, 0.29) is 11.2 Å². The maximum atomic E-state index is 11.6. The van der Waals surface area contributed by atoms with Crippen LogP contribution in [0.2, 0.25) is 0 Å². The summed E-state index contributed by atoms with van der Waals surface area (Å²) in [6, 6.07) is 8.38. The summed E-state index contributed by atoms with van der Waals surface area (Å²) < 4.78 is 0. The van der Waals surface area contributed by atoms with Crippen LogP contribution in [0.15, 0.2) is 41.0 Å². The lowest BCUT2D eigenvalue weighted by atomic mass is 10.1. The largest absolute Gasteiger partial charge is 0.369 e. The van der Waals surface area contributed by atoms with Crippen molar-refractivity contribution in [3.63, 3.8) is 0 Å². The lowest BCUT2D eigenvalue weighted by Gasteiger charge is -2.11. The standard InChI is InChI=1S/C17H17N3OS2/c1-3-13(15(18)21)23-17-14-12(8-22-16(14)19-9-20-17)11-6-4-10(2)5-7-11/h4-9,13H,3H2,1-2H3,(H2,18,21). The van der Waals surface area contributed by atoms with Crippen LogP contribution >= 0.6 is 23.1 Å². The van der Waals surface area contributed by atoms with Gasteiger partial charge < -0.3 is 5.73 Å². The number of fused-ring (bicyclic) bond motifs is 1. The third-order valence-electron chi connectivity index (χ3n) is 3.64. The first-order valence-electron chi connectivity index (χ1n) is 7.35. The molecular weight excluding hydrogens is 326 g/mol. The molecule has 0 aliphatic rings. The number of thioether (sulfide) groups is 1. The van der Waals surface area contributed by atoms with E-state index in [1.807, 2.05) is 6.92 Å². The lowest BCUT2D eigenvalue weighted by molar-refractivity contribution is -0.117. The van der Waals surface area contributed by atoms with E-state index in [0.29, 0.717) is 6.42 Å². The summed E-state index contributed by atoms with van der Waals surface area (Å²) >= 11 is 3.01. The number of rotatable bonds is 5. The minimum atomic E-state index is -0.309. The van der Waals surface area contributed by atoms with Gasteiger partial charge in [0.05, 0.1) is 10.6 Å². The Balaban J connectivity index is 2.10. The number of primary amides is 1. The molecule has 0 radical (unpaired) electrons. The molecule has 3 aromatic rings. The van der Waals surface area contributed by atoms with Crippen molar-refractivity contribution < 1.29 is 4.79 Å². The number of hydrogen-bond acceptors (Lipinski definition) is 5. The molecule has 1 atom stereocenters. The van der Waals surface area contributed by atoms with Crippen molar-refractivity contribution in [3.8, 4) is 11.1 Å². The Morgan fingerprint density at radius 3 is 2.70 bits per heavy atom. The topological polar surface area (TPSA) is 68.9 Å². The van der Waals surface area contributed by atoms with Crippen molar-refractivity contribution in [2.75, 3.05) is 0 Å². The molecule has 2 heterocycles. The molecule has 0 saturated carbocycles. The minimum absolute atomic E-state index is 0.279. The number of amides is 1. The number of nitrogens with zero attached hydrogens (tertiary/aromatic N) is 2. The van der Waals surface area contributed by atoms with Crippen molar-refractivity contribution in [3.05, 3.63) is 41.5 Å². The van der Waals surface area contributed by atoms with Gasteiger partial charge in [-0.25, -0.2) is 9.97 Å². The van der Waals surface area contributed by atoms with Crippen LogP contribution in [0, 0.1) is 6.92 Å². The molecule has 2 aromatic heterocycles. The minimum Gasteiger partial charge on any atom is -0.369 e. The van der Waals surface area contributed by atoms with Gasteiger partial charge in [-0.05, 0) is 18.9 Å². The molecule has 23 heavy (non-hydrogen) atoms. The van der Waals surface area contributed by atoms with Crippen molar-refractivity contribution in [1.29, 1.82) is 0 Å². The number of nitrogens with two attached hydrogens (primary N) is 1. The summed E-state index contributed by atoms with van der Waals surface area (Å²) in [7, 11) is 0. The zero-order chi connectivity index (χ0) is 16.4. The quantitative estimate of drug-likeness (QED) is 0.561. The van der Waals surface area contributed by atoms with Gasteiger partial charge >= 0.3 is 0 Å². The highest BCUT2D eigenvalue weighted by molar-refractivity contribution is 8.00. The van der Waals surface area contributed by atoms with Crippen LogP contribution in [0.1, 0.15) is 18.9 Å². The molecule has 0 fully saturated rings. The van der Waals surface area contributed by atoms with Crippen LogP contribution in [0.3, 0.4) is 0 Å². The second-order valence-electron chi connectivity index (χ2n) is 5.29. The predicted octanol–water partition coefficient (Wildman–Crippen LogP) is 4.02. The molecule has 118 valence electrons. The van der Waals surface area contributed by atoms with E-state index in [9.17, 15) is 4.79 Å². The van der Waals surface area contributed by atoms with Gasteiger partial charge in [0.1, 0.15) is 16.2 Å². The number of aromatic nitrogens is 2. The van der Waals surface area contributed by atoms with Crippen LogP contribution < -0.4 is 5.73 Å². The SMILES string of the molecule is CCC(Sc1ncnc2scc(-c3ccc(C)cc3)c12)C(N)=O. The zero-order valence-corrected chi connectivity index (χ0v) is 14.6. The average molecular weight is 343 g/mol. The Morgan fingerprint density at radius 2 is 2.04 bits per heavy atom. The second-order valence-corrected chi connectivity index (χ2v) is 7.34. The summed E-state index contributed by atoms with van der Waals surface area (Å²) in [5.41, 5.74) is 8.94. The molecule has 0 bridgehead atoms. The van der Waals surface area contributed by atoms with Gasteiger partial charge in [-0.1, -0.05) is 48.5 Å². The van der Waals surface area contributed by atoms with E-state index in [0.717, 1.165) is 26.4 Å². The number of carbonyl (C=O) groups is 1. The molecular formula is C17H17N3OS2. The molecule has 0 saturated heterocycles. The predicted molar refractivity (Wildman–Crippen MR) is 96.7 cm³/mol. The summed E-state index contributed by atoms with van der Waals surface area (Å²) in [5.74, 6) is -0.309. The summed E-state index contributed by atoms with van der Waals surface area (Å²) in [4.78, 5) is 21.3. The molecule has 6 heteroatoms. The second kappa shape index (κ2) is 6.68. The molecule has 2 N–H and O–H groups in total. The van der Waals surface area contributed by atoms with E-state index in [1.54, 1.807) is 17.7 Å². The molecule has 0 aliphatic heterocycles. The first-order chi connectivity index (χ1) is 11.1. The fraction of sp³-hybridized carbons (Fsp3) is 0.235. The van der Waals surface area contributed by atoms with Crippen LogP contribution in [0.5, 0.6) is 0 Å². The molecule has 0 aliphatic carbocycles. The molecule has 1 amide bonds. The molecule has 3 rings (SSSR count). The summed E-state index contributed by atoms with van der Waals surface area (Å²) in [6.45, 7) is 4.02. The van der Waals surface area contributed by atoms with Crippen molar-refractivity contribution in [2.24, 2.45) is 5.73 Å². The zero-order valence-electron chi connectivity index (χ0n) is 12.9. The number of aryl methyl sites for hydroxylation is 1. The Bertz CT molecular complexity index is 843. The Hall–Kier alpha value is -1.92. The number of benzene rings is 1. The Labute approximate surface area is 143 Å². The normalized spacial score (nSPS) is 12.4. The van der Waals surface area contributed by atoms with E-state index < -0.39 is 0 Å². The van der Waals surface area contributed by atoms with Crippen LogP contribution in [-0.4, -0.2) is 21.1 Å². The highest BCUT2D eigenvalue weighted by atomic mass is 32.2. The first-order valence-corrected chi connectivity index (χ1v) is 9.11. The monoisotopic (exact) mass is 343 g/mol. The van der Waals surface area contributed by atoms with E-state index in [2.05, 4.69) is 46.5 Å². The van der Waals surface area contributed by atoms with E-state index >= 15 is 0 Å². The fourth-order valence-corrected chi connectivity index (χ4v) is 4.33. The lowest BCUT2D eigenvalue weighted by Crippen LogP contribution is -2.24. The van der Waals surface area contributed by atoms with Crippen LogP contribution in [-0.2, 0) is 4.79 Å². The number of thiophene rings is 1. The smallest absolute Gasteiger partial charge is 0.230 e. The third kappa shape index (κ3) is 3.23. The van der Waals surface area contributed by atoms with Crippen molar-refractivity contribution in [2.45, 2.75) is 30.5 Å². The number of hydrogen-bond donors (Lipinski definition) is 1. The van der Waals surface area contributed by atoms with Gasteiger partial charge in [-0.3, -0.25) is 4.79 Å². The summed E-state index contributed by atoms with van der Waals surface area (Å²) in [6.07, 6.45) is 2.23. The van der Waals surface area contributed by atoms with Crippen LogP contribution in [0.25, 0.3) is 21.3 Å². The Kier molecular flexibility index (Phi) is 4.63. The third-order valence-corrected chi connectivity index (χ3v) is 5.91. The van der Waals surface area contributed by atoms with E-state index in [1.165, 1.54) is 17.3 Å². The maximum absolute atomic E-state index is 11.6. The molecule has 4 nitrogen and oxygen atoms in total. The maximum Gasteiger partial charge on any atom is 0.230 e. The van der Waals surface area contributed by atoms with E-state index in [4.69, 9.17) is 5.73 Å². The van der Waals surface area contributed by atoms with Crippen molar-refractivity contribution in [1.82, 2.24) is 9.97 Å². The number of carbonyl (C=O) groups excluding carboxylic acids is 1. The molecule has 1 unspecified atom stereocenters. The van der Waals surface area contributed by atoms with Crippen molar-refractivity contribution >= 4 is 39.2 Å². The van der Waals surface area contributed by atoms with Gasteiger partial charge in [0.25, 0.3) is 0 Å². The first kappa shape index (κ1) is 16.0. The Morgan fingerprint density at radius 1 is 1.30 bits per heavy atom. The highest BCUT2D eigenvalue weighted by Gasteiger charge is 2.20. The van der Waals surface area contributed by atoms with Gasteiger partial charge in [0.2, 0.25) is 5.91 Å². The van der Waals surface area contributed by atoms with Gasteiger partial charge in [-0.2, -0.15) is 0 Å². The van der Waals surface area contributed by atoms with Gasteiger partial charge in [-0.15, -0.1) is 11.3 Å². The fourth-order valence-electron chi connectivity index (χ4n) is 2.36. The molecule has 1 aromatic carbocycles. The van der Waals surface area contributed by atoms with Gasteiger partial charge in [0, 0.05) is 10.9 Å². The highest BCUT2D eigenvalue weighted by Crippen LogP contribution is 2.39. The average Bonchev–Trinajstić information content (AvgIpc) is 2.98.